The number of benzene rings is 1. The van der Waals surface area contributed by atoms with Crippen molar-refractivity contribution in [3.05, 3.63) is 45.7 Å². The molecule has 0 aliphatic carbocycles. The summed E-state index contributed by atoms with van der Waals surface area (Å²) in [5, 5.41) is 6.99. The third-order valence-corrected chi connectivity index (χ3v) is 4.69. The predicted molar refractivity (Wildman–Crippen MR) is 73.8 cm³/mol. The van der Waals surface area contributed by atoms with Crippen molar-refractivity contribution in [3.8, 4) is 0 Å². The second-order valence-electron chi connectivity index (χ2n) is 3.92. The molecule has 19 heavy (non-hydrogen) atoms. The molecule has 0 radical (unpaired) electrons. The molecule has 5 nitrogen and oxygen atoms in total. The SMILES string of the molecule is Cc1[nH]ncc1CNS(=O)(=O)c1cc(Cl)ccc1Cl. The molecule has 102 valence electrons. The number of H-pyrrole nitrogens is 1. The molecule has 1 aromatic heterocycles. The van der Waals surface area contributed by atoms with E-state index in [4.69, 9.17) is 23.2 Å². The van der Waals surface area contributed by atoms with Gasteiger partial charge in [-0.05, 0) is 25.1 Å². The first kappa shape index (κ1) is 14.3. The van der Waals surface area contributed by atoms with E-state index in [1.165, 1.54) is 18.2 Å². The molecule has 0 aliphatic heterocycles. The van der Waals surface area contributed by atoms with Gasteiger partial charge in [0.2, 0.25) is 10.0 Å². The molecule has 0 fully saturated rings. The fourth-order valence-electron chi connectivity index (χ4n) is 1.49. The number of nitrogens with zero attached hydrogens (tertiary/aromatic N) is 1. The van der Waals surface area contributed by atoms with Gasteiger partial charge in [0.05, 0.1) is 11.2 Å². The first-order valence-electron chi connectivity index (χ1n) is 5.34. The van der Waals surface area contributed by atoms with Gasteiger partial charge in [0, 0.05) is 22.8 Å². The van der Waals surface area contributed by atoms with E-state index in [0.717, 1.165) is 11.3 Å². The molecule has 0 unspecified atom stereocenters. The number of hydrogen-bond donors (Lipinski definition) is 2. The lowest BCUT2D eigenvalue weighted by atomic mass is 10.3. The van der Waals surface area contributed by atoms with Crippen LogP contribution >= 0.6 is 23.2 Å². The average molecular weight is 320 g/mol. The second kappa shape index (κ2) is 5.50. The van der Waals surface area contributed by atoms with Gasteiger partial charge in [0.1, 0.15) is 4.90 Å². The Labute approximate surface area is 121 Å². The molecule has 0 atom stereocenters. The number of aromatic nitrogens is 2. The van der Waals surface area contributed by atoms with Crippen molar-refractivity contribution in [2.24, 2.45) is 0 Å². The Kier molecular flexibility index (Phi) is 4.15. The number of sulfonamides is 1. The number of halogens is 2. The molecule has 2 N–H and O–H groups in total. The van der Waals surface area contributed by atoms with Crippen LogP contribution in [0, 0.1) is 6.92 Å². The van der Waals surface area contributed by atoms with Gasteiger partial charge in [0.15, 0.2) is 0 Å². The summed E-state index contributed by atoms with van der Waals surface area (Å²) in [6, 6.07) is 4.29. The number of hydrogen-bond acceptors (Lipinski definition) is 3. The second-order valence-corrected chi connectivity index (χ2v) is 6.50. The minimum atomic E-state index is -3.71. The lowest BCUT2D eigenvalue weighted by Gasteiger charge is -2.08. The van der Waals surface area contributed by atoms with E-state index in [2.05, 4.69) is 14.9 Å². The van der Waals surface area contributed by atoms with Gasteiger partial charge < -0.3 is 0 Å². The molecular weight excluding hydrogens is 309 g/mol. The predicted octanol–water partition coefficient (Wildman–Crippen LogP) is 2.50. The zero-order valence-electron chi connectivity index (χ0n) is 9.94. The van der Waals surface area contributed by atoms with Crippen LogP contribution in [0.1, 0.15) is 11.3 Å². The third-order valence-electron chi connectivity index (χ3n) is 2.57. The van der Waals surface area contributed by atoms with Crippen LogP contribution in [0.15, 0.2) is 29.3 Å². The first-order valence-corrected chi connectivity index (χ1v) is 7.57. The highest BCUT2D eigenvalue weighted by Gasteiger charge is 2.18. The summed E-state index contributed by atoms with van der Waals surface area (Å²) in [5.41, 5.74) is 1.57. The normalized spacial score (nSPS) is 11.7. The molecule has 1 heterocycles. The van der Waals surface area contributed by atoms with Crippen molar-refractivity contribution >= 4 is 33.2 Å². The molecule has 0 saturated heterocycles. The molecule has 1 aromatic carbocycles. The van der Waals surface area contributed by atoms with E-state index in [0.29, 0.717) is 5.02 Å². The van der Waals surface area contributed by atoms with Crippen molar-refractivity contribution in [1.82, 2.24) is 14.9 Å². The molecule has 2 aromatic rings. The highest BCUT2D eigenvalue weighted by Crippen LogP contribution is 2.24. The van der Waals surface area contributed by atoms with Gasteiger partial charge in [-0.3, -0.25) is 5.10 Å². The van der Waals surface area contributed by atoms with Gasteiger partial charge in [-0.1, -0.05) is 23.2 Å². The maximum Gasteiger partial charge on any atom is 0.242 e. The minimum absolute atomic E-state index is 0.0391. The molecule has 8 heteroatoms. The van der Waals surface area contributed by atoms with Gasteiger partial charge in [-0.15, -0.1) is 0 Å². The highest BCUT2D eigenvalue weighted by molar-refractivity contribution is 7.89. The molecule has 0 spiro atoms. The summed E-state index contributed by atoms with van der Waals surface area (Å²) in [6.07, 6.45) is 1.57. The van der Waals surface area contributed by atoms with Crippen molar-refractivity contribution in [1.29, 1.82) is 0 Å². The smallest absolute Gasteiger partial charge is 0.242 e. The Bertz CT molecular complexity index is 698. The van der Waals surface area contributed by atoms with Crippen LogP contribution in [0.25, 0.3) is 0 Å². The largest absolute Gasteiger partial charge is 0.283 e. The van der Waals surface area contributed by atoms with Gasteiger partial charge in [0.25, 0.3) is 0 Å². The zero-order chi connectivity index (χ0) is 14.0. The van der Waals surface area contributed by atoms with Crippen LogP contribution in [0.4, 0.5) is 0 Å². The van der Waals surface area contributed by atoms with E-state index >= 15 is 0 Å². The Balaban J connectivity index is 2.23. The lowest BCUT2D eigenvalue weighted by Crippen LogP contribution is -2.23. The number of aromatic amines is 1. The van der Waals surface area contributed by atoms with E-state index in [-0.39, 0.29) is 16.5 Å². The minimum Gasteiger partial charge on any atom is -0.283 e. The topological polar surface area (TPSA) is 74.8 Å². The van der Waals surface area contributed by atoms with Crippen LogP contribution in [0.3, 0.4) is 0 Å². The summed E-state index contributed by atoms with van der Waals surface area (Å²) in [6.45, 7) is 1.94. The van der Waals surface area contributed by atoms with Gasteiger partial charge in [-0.2, -0.15) is 5.10 Å². The quantitative estimate of drug-likeness (QED) is 0.909. The van der Waals surface area contributed by atoms with Crippen molar-refractivity contribution in [3.63, 3.8) is 0 Å². The zero-order valence-corrected chi connectivity index (χ0v) is 12.3. The molecule has 0 amide bonds. The summed E-state index contributed by atoms with van der Waals surface area (Å²) < 4.78 is 26.7. The van der Waals surface area contributed by atoms with Crippen LogP contribution in [-0.2, 0) is 16.6 Å². The molecule has 2 rings (SSSR count). The van der Waals surface area contributed by atoms with Crippen molar-refractivity contribution in [2.45, 2.75) is 18.4 Å². The fourth-order valence-corrected chi connectivity index (χ4v) is 3.25. The van der Waals surface area contributed by atoms with E-state index < -0.39 is 10.0 Å². The van der Waals surface area contributed by atoms with E-state index in [1.807, 2.05) is 6.92 Å². The van der Waals surface area contributed by atoms with E-state index in [9.17, 15) is 8.42 Å². The first-order chi connectivity index (χ1) is 8.90. The van der Waals surface area contributed by atoms with Crippen LogP contribution < -0.4 is 4.72 Å². The summed E-state index contributed by atoms with van der Waals surface area (Å²) >= 11 is 11.7. The summed E-state index contributed by atoms with van der Waals surface area (Å²) in [4.78, 5) is -0.0391. The summed E-state index contributed by atoms with van der Waals surface area (Å²) in [7, 11) is -3.71. The van der Waals surface area contributed by atoms with Crippen LogP contribution in [0.5, 0.6) is 0 Å². The number of aryl methyl sites for hydroxylation is 1. The van der Waals surface area contributed by atoms with Crippen molar-refractivity contribution < 1.29 is 8.42 Å². The maximum absolute atomic E-state index is 12.1. The van der Waals surface area contributed by atoms with Crippen molar-refractivity contribution in [2.75, 3.05) is 0 Å². The van der Waals surface area contributed by atoms with Gasteiger partial charge in [-0.25, -0.2) is 13.1 Å². The standard InChI is InChI=1S/C11H11Cl2N3O2S/c1-7-8(5-14-16-7)6-15-19(17,18)11-4-9(12)2-3-10(11)13/h2-5,15H,6H2,1H3,(H,14,16). The fraction of sp³-hybridized carbons (Fsp3) is 0.182. The molecular formula is C11H11Cl2N3O2S. The molecule has 0 saturated carbocycles. The Morgan fingerprint density at radius 1 is 1.37 bits per heavy atom. The average Bonchev–Trinajstić information content (AvgIpc) is 2.75. The lowest BCUT2D eigenvalue weighted by molar-refractivity contribution is 0.581. The molecule has 0 aliphatic rings. The number of rotatable bonds is 4. The van der Waals surface area contributed by atoms with Gasteiger partial charge >= 0.3 is 0 Å². The number of nitrogens with one attached hydrogen (secondary N) is 2. The molecule has 0 bridgehead atoms. The van der Waals surface area contributed by atoms with Crippen LogP contribution in [-0.4, -0.2) is 18.6 Å². The highest BCUT2D eigenvalue weighted by atomic mass is 35.5. The van der Waals surface area contributed by atoms with E-state index in [1.54, 1.807) is 6.20 Å². The summed E-state index contributed by atoms with van der Waals surface area (Å²) in [5.74, 6) is 0. The Morgan fingerprint density at radius 3 is 2.74 bits per heavy atom. The van der Waals surface area contributed by atoms with Crippen LogP contribution in [0.2, 0.25) is 10.0 Å². The monoisotopic (exact) mass is 319 g/mol. The Morgan fingerprint density at radius 2 is 2.11 bits per heavy atom. The third kappa shape index (κ3) is 3.27. The maximum atomic E-state index is 12.1. The Hall–Kier alpha value is -1.08.